The predicted octanol–water partition coefficient (Wildman–Crippen LogP) is 2.22. The molecule has 16 heavy (non-hydrogen) atoms. The number of morpholine rings is 1. The first kappa shape index (κ1) is 11.3. The maximum atomic E-state index is 13.3. The minimum atomic E-state index is -0.191. The molecule has 2 rings (SSSR count). The van der Waals surface area contributed by atoms with Gasteiger partial charge in [0.15, 0.2) is 0 Å². The molecule has 0 saturated carbocycles. The minimum absolute atomic E-state index is 0.170. The molecule has 3 heteroatoms. The lowest BCUT2D eigenvalue weighted by Gasteiger charge is -2.26. The van der Waals surface area contributed by atoms with Crippen molar-refractivity contribution in [3.8, 4) is 0 Å². The first-order chi connectivity index (χ1) is 7.75. The molecule has 1 aromatic rings. The van der Waals surface area contributed by atoms with Crippen LogP contribution in [0.3, 0.4) is 0 Å². The molecule has 1 saturated heterocycles. The average Bonchev–Trinajstić information content (AvgIpc) is 2.28. The molecule has 1 aliphatic heterocycles. The van der Waals surface area contributed by atoms with Crippen molar-refractivity contribution >= 4 is 6.08 Å². The highest BCUT2D eigenvalue weighted by Gasteiger charge is 2.15. The molecule has 1 N–H and O–H groups in total. The fraction of sp³-hybridized carbons (Fsp3) is 0.385. The van der Waals surface area contributed by atoms with Gasteiger partial charge >= 0.3 is 0 Å². The number of rotatable bonds is 2. The van der Waals surface area contributed by atoms with Crippen LogP contribution < -0.4 is 5.32 Å². The van der Waals surface area contributed by atoms with E-state index in [9.17, 15) is 4.39 Å². The van der Waals surface area contributed by atoms with Crippen molar-refractivity contribution < 1.29 is 9.13 Å². The van der Waals surface area contributed by atoms with E-state index in [0.29, 0.717) is 18.2 Å². The summed E-state index contributed by atoms with van der Waals surface area (Å²) in [5.41, 5.74) is 0.613. The van der Waals surface area contributed by atoms with Gasteiger partial charge in [-0.15, -0.1) is 0 Å². The van der Waals surface area contributed by atoms with Crippen molar-refractivity contribution in [3.63, 3.8) is 0 Å². The van der Waals surface area contributed by atoms with Crippen molar-refractivity contribution in [1.29, 1.82) is 0 Å². The quantitative estimate of drug-likeness (QED) is 0.826. The molecule has 1 heterocycles. The van der Waals surface area contributed by atoms with Crippen LogP contribution in [0.5, 0.6) is 0 Å². The van der Waals surface area contributed by atoms with Gasteiger partial charge in [0.2, 0.25) is 0 Å². The Morgan fingerprint density at radius 3 is 2.94 bits per heavy atom. The Balaban J connectivity index is 2.01. The van der Waals surface area contributed by atoms with Crippen LogP contribution in [-0.2, 0) is 4.74 Å². The SMILES string of the molecule is CC1COCC(/C=C/c2ccccc2F)N1. The van der Waals surface area contributed by atoms with Gasteiger partial charge in [-0.1, -0.05) is 30.4 Å². The van der Waals surface area contributed by atoms with E-state index in [1.165, 1.54) is 6.07 Å². The van der Waals surface area contributed by atoms with Gasteiger partial charge in [0.1, 0.15) is 5.82 Å². The third-order valence-electron chi connectivity index (χ3n) is 2.58. The standard InChI is InChI=1S/C13H16FNO/c1-10-8-16-9-12(15-10)7-6-11-4-2-3-5-13(11)14/h2-7,10,12,15H,8-9H2,1H3/b7-6+. The van der Waals surface area contributed by atoms with E-state index < -0.39 is 0 Å². The Kier molecular flexibility index (Phi) is 3.70. The Bertz CT molecular complexity index is 378. The molecule has 86 valence electrons. The molecule has 0 aliphatic carbocycles. The van der Waals surface area contributed by atoms with Crippen LogP contribution in [0.2, 0.25) is 0 Å². The van der Waals surface area contributed by atoms with E-state index >= 15 is 0 Å². The number of hydrogen-bond donors (Lipinski definition) is 1. The van der Waals surface area contributed by atoms with Crippen molar-refractivity contribution in [1.82, 2.24) is 5.32 Å². The number of benzene rings is 1. The molecule has 1 fully saturated rings. The van der Waals surface area contributed by atoms with Crippen molar-refractivity contribution in [2.24, 2.45) is 0 Å². The highest BCUT2D eigenvalue weighted by molar-refractivity contribution is 5.50. The van der Waals surface area contributed by atoms with Gasteiger partial charge in [-0.25, -0.2) is 4.39 Å². The molecule has 2 atom stereocenters. The molecular formula is C13H16FNO. The monoisotopic (exact) mass is 221 g/mol. The molecule has 1 aliphatic rings. The fourth-order valence-electron chi connectivity index (χ4n) is 1.77. The van der Waals surface area contributed by atoms with Crippen molar-refractivity contribution in [3.05, 3.63) is 41.7 Å². The van der Waals surface area contributed by atoms with Gasteiger partial charge in [-0.05, 0) is 13.0 Å². The predicted molar refractivity (Wildman–Crippen MR) is 62.6 cm³/mol. The number of nitrogens with one attached hydrogen (secondary N) is 1. The van der Waals surface area contributed by atoms with Crippen LogP contribution in [0.15, 0.2) is 30.3 Å². The molecule has 0 amide bonds. The fourth-order valence-corrected chi connectivity index (χ4v) is 1.77. The molecule has 2 nitrogen and oxygen atoms in total. The maximum Gasteiger partial charge on any atom is 0.130 e. The van der Waals surface area contributed by atoms with Crippen LogP contribution in [-0.4, -0.2) is 25.3 Å². The second-order valence-electron chi connectivity index (χ2n) is 4.09. The molecule has 0 radical (unpaired) electrons. The summed E-state index contributed by atoms with van der Waals surface area (Å²) in [6, 6.07) is 7.27. The maximum absolute atomic E-state index is 13.3. The molecule has 1 aromatic carbocycles. The largest absolute Gasteiger partial charge is 0.378 e. The van der Waals surface area contributed by atoms with E-state index in [1.807, 2.05) is 12.1 Å². The van der Waals surface area contributed by atoms with Gasteiger partial charge in [-0.3, -0.25) is 0 Å². The van der Waals surface area contributed by atoms with Crippen molar-refractivity contribution in [2.45, 2.75) is 19.0 Å². The summed E-state index contributed by atoms with van der Waals surface area (Å²) in [5, 5.41) is 3.37. The molecular weight excluding hydrogens is 205 g/mol. The van der Waals surface area contributed by atoms with Gasteiger partial charge in [0.25, 0.3) is 0 Å². The Labute approximate surface area is 95.1 Å². The summed E-state index contributed by atoms with van der Waals surface area (Å²) < 4.78 is 18.7. The van der Waals surface area contributed by atoms with E-state index in [2.05, 4.69) is 12.2 Å². The molecule has 0 bridgehead atoms. The summed E-state index contributed by atoms with van der Waals surface area (Å²) in [6.07, 6.45) is 3.75. The third-order valence-corrected chi connectivity index (χ3v) is 2.58. The van der Waals surface area contributed by atoms with E-state index in [4.69, 9.17) is 4.74 Å². The number of ether oxygens (including phenoxy) is 1. The van der Waals surface area contributed by atoms with Crippen LogP contribution in [0.1, 0.15) is 12.5 Å². The lowest BCUT2D eigenvalue weighted by molar-refractivity contribution is 0.0637. The Morgan fingerprint density at radius 2 is 2.19 bits per heavy atom. The number of hydrogen-bond acceptors (Lipinski definition) is 2. The zero-order valence-electron chi connectivity index (χ0n) is 9.32. The second kappa shape index (κ2) is 5.23. The zero-order chi connectivity index (χ0) is 11.4. The smallest absolute Gasteiger partial charge is 0.130 e. The second-order valence-corrected chi connectivity index (χ2v) is 4.09. The average molecular weight is 221 g/mol. The first-order valence-electron chi connectivity index (χ1n) is 5.52. The highest BCUT2D eigenvalue weighted by atomic mass is 19.1. The van der Waals surface area contributed by atoms with Crippen molar-refractivity contribution in [2.75, 3.05) is 13.2 Å². The van der Waals surface area contributed by atoms with Crippen LogP contribution in [0.25, 0.3) is 6.08 Å². The molecule has 2 unspecified atom stereocenters. The highest BCUT2D eigenvalue weighted by Crippen LogP contribution is 2.10. The summed E-state index contributed by atoms with van der Waals surface area (Å²) >= 11 is 0. The minimum Gasteiger partial charge on any atom is -0.378 e. The zero-order valence-corrected chi connectivity index (χ0v) is 9.32. The summed E-state index contributed by atoms with van der Waals surface area (Å²) in [4.78, 5) is 0. The number of halogens is 1. The normalized spacial score (nSPS) is 26.1. The van der Waals surface area contributed by atoms with Crippen LogP contribution in [0, 0.1) is 5.82 Å². The summed E-state index contributed by atoms with van der Waals surface area (Å²) in [6.45, 7) is 3.46. The van der Waals surface area contributed by atoms with Crippen LogP contribution >= 0.6 is 0 Å². The van der Waals surface area contributed by atoms with E-state index in [-0.39, 0.29) is 11.9 Å². The molecule has 0 aromatic heterocycles. The van der Waals surface area contributed by atoms with Gasteiger partial charge in [0, 0.05) is 17.6 Å². The van der Waals surface area contributed by atoms with Gasteiger partial charge < -0.3 is 10.1 Å². The first-order valence-corrected chi connectivity index (χ1v) is 5.52. The summed E-state index contributed by atoms with van der Waals surface area (Å²) in [7, 11) is 0. The van der Waals surface area contributed by atoms with E-state index in [0.717, 1.165) is 6.61 Å². The lowest BCUT2D eigenvalue weighted by atomic mass is 10.1. The third kappa shape index (κ3) is 2.90. The topological polar surface area (TPSA) is 21.3 Å². The molecule has 0 spiro atoms. The summed E-state index contributed by atoms with van der Waals surface area (Å²) in [5.74, 6) is -0.191. The van der Waals surface area contributed by atoms with E-state index in [1.54, 1.807) is 18.2 Å². The van der Waals surface area contributed by atoms with Crippen LogP contribution in [0.4, 0.5) is 4.39 Å². The lowest BCUT2D eigenvalue weighted by Crippen LogP contribution is -2.46. The van der Waals surface area contributed by atoms with Gasteiger partial charge in [0.05, 0.1) is 13.2 Å². The Hall–Kier alpha value is -1.19. The van der Waals surface area contributed by atoms with Gasteiger partial charge in [-0.2, -0.15) is 0 Å². The Morgan fingerprint density at radius 1 is 1.38 bits per heavy atom.